The van der Waals surface area contributed by atoms with Crippen molar-refractivity contribution in [3.05, 3.63) is 16.7 Å². The molecule has 2 heterocycles. The Morgan fingerprint density at radius 1 is 1.59 bits per heavy atom. The predicted octanol–water partition coefficient (Wildman–Crippen LogP) is 1.88. The Kier molecular flexibility index (Phi) is 2.32. The number of hydrogen-bond donors (Lipinski definition) is 1. The number of halogens is 1. The van der Waals surface area contributed by atoms with Crippen molar-refractivity contribution in [1.82, 2.24) is 14.1 Å². The highest BCUT2D eigenvalue weighted by Crippen LogP contribution is 2.37. The van der Waals surface area contributed by atoms with Gasteiger partial charge in [0.2, 0.25) is 0 Å². The van der Waals surface area contributed by atoms with Crippen LogP contribution in [0.15, 0.2) is 16.6 Å². The number of hydrogen-bond acceptors (Lipinski definition) is 4. The van der Waals surface area contributed by atoms with E-state index in [4.69, 9.17) is 11.6 Å². The molecule has 0 atom stereocenters. The number of nitrogens with one attached hydrogen (secondary N) is 1. The lowest BCUT2D eigenvalue weighted by molar-refractivity contribution is 0.553. The zero-order chi connectivity index (χ0) is 12.3. The minimum atomic E-state index is -3.61. The van der Waals surface area contributed by atoms with Gasteiger partial charge in [-0.2, -0.15) is 0 Å². The van der Waals surface area contributed by atoms with Crippen LogP contribution in [0.25, 0.3) is 4.96 Å². The van der Waals surface area contributed by atoms with Crippen molar-refractivity contribution in [2.24, 2.45) is 0 Å². The van der Waals surface area contributed by atoms with Gasteiger partial charge in [-0.1, -0.05) is 11.6 Å². The third kappa shape index (κ3) is 1.87. The molecule has 0 bridgehead atoms. The Hall–Kier alpha value is -0.630. The van der Waals surface area contributed by atoms with Crippen molar-refractivity contribution in [2.45, 2.75) is 30.3 Å². The molecule has 2 aromatic rings. The SMILES string of the molecule is CC1(NS(=O)(=O)c2c(Cl)nc3sccn23)CC1. The van der Waals surface area contributed by atoms with Crippen molar-refractivity contribution >= 4 is 37.9 Å². The molecule has 1 aliphatic carbocycles. The zero-order valence-electron chi connectivity index (χ0n) is 8.97. The summed E-state index contributed by atoms with van der Waals surface area (Å²) in [5.74, 6) is 0. The fraction of sp³-hybridized carbons (Fsp3) is 0.444. The van der Waals surface area contributed by atoms with E-state index in [0.717, 1.165) is 12.8 Å². The van der Waals surface area contributed by atoms with Gasteiger partial charge in [0.15, 0.2) is 15.1 Å². The molecule has 0 saturated heterocycles. The summed E-state index contributed by atoms with van der Waals surface area (Å²) < 4.78 is 28.6. The summed E-state index contributed by atoms with van der Waals surface area (Å²) in [6, 6.07) is 0. The molecule has 0 aliphatic heterocycles. The molecular weight excluding hydrogens is 282 g/mol. The zero-order valence-corrected chi connectivity index (χ0v) is 11.4. The molecule has 1 saturated carbocycles. The lowest BCUT2D eigenvalue weighted by Gasteiger charge is -2.11. The second-order valence-corrected chi connectivity index (χ2v) is 7.26. The Balaban J connectivity index is 2.13. The maximum absolute atomic E-state index is 12.2. The third-order valence-corrected chi connectivity index (χ3v) is 5.61. The van der Waals surface area contributed by atoms with Crippen LogP contribution in [0.4, 0.5) is 0 Å². The maximum Gasteiger partial charge on any atom is 0.260 e. The van der Waals surface area contributed by atoms with E-state index in [-0.39, 0.29) is 15.7 Å². The van der Waals surface area contributed by atoms with E-state index in [9.17, 15) is 8.42 Å². The minimum absolute atomic E-state index is 0.0219. The van der Waals surface area contributed by atoms with Crippen molar-refractivity contribution in [3.8, 4) is 0 Å². The first-order valence-electron chi connectivity index (χ1n) is 5.06. The quantitative estimate of drug-likeness (QED) is 0.939. The number of sulfonamides is 1. The van der Waals surface area contributed by atoms with E-state index in [1.807, 2.05) is 6.92 Å². The molecule has 1 fully saturated rings. The largest absolute Gasteiger partial charge is 0.279 e. The van der Waals surface area contributed by atoms with Gasteiger partial charge in [0.05, 0.1) is 0 Å². The first-order valence-corrected chi connectivity index (χ1v) is 7.80. The summed E-state index contributed by atoms with van der Waals surface area (Å²) in [6.45, 7) is 1.88. The van der Waals surface area contributed by atoms with E-state index in [0.29, 0.717) is 4.96 Å². The van der Waals surface area contributed by atoms with Gasteiger partial charge in [0.1, 0.15) is 0 Å². The predicted molar refractivity (Wildman–Crippen MR) is 66.0 cm³/mol. The fourth-order valence-electron chi connectivity index (χ4n) is 1.64. The van der Waals surface area contributed by atoms with Gasteiger partial charge >= 0.3 is 0 Å². The molecule has 0 spiro atoms. The van der Waals surface area contributed by atoms with Crippen LogP contribution in [0.1, 0.15) is 19.8 Å². The highest BCUT2D eigenvalue weighted by Gasteiger charge is 2.42. The van der Waals surface area contributed by atoms with E-state index < -0.39 is 10.0 Å². The second kappa shape index (κ2) is 3.44. The van der Waals surface area contributed by atoms with Crippen molar-refractivity contribution in [1.29, 1.82) is 0 Å². The number of nitrogens with zero attached hydrogens (tertiary/aromatic N) is 2. The van der Waals surface area contributed by atoms with E-state index in [1.54, 1.807) is 11.6 Å². The summed E-state index contributed by atoms with van der Waals surface area (Å²) in [4.78, 5) is 4.60. The minimum Gasteiger partial charge on any atom is -0.279 e. The number of fused-ring (bicyclic) bond motifs is 1. The summed E-state index contributed by atoms with van der Waals surface area (Å²) in [7, 11) is -3.61. The first kappa shape index (κ1) is 11.5. The summed E-state index contributed by atoms with van der Waals surface area (Å²) in [6.07, 6.45) is 3.37. The van der Waals surface area contributed by atoms with Gasteiger partial charge in [-0.05, 0) is 19.8 Å². The monoisotopic (exact) mass is 291 g/mol. The lowest BCUT2D eigenvalue weighted by Crippen LogP contribution is -2.34. The van der Waals surface area contributed by atoms with Crippen LogP contribution in [-0.2, 0) is 10.0 Å². The highest BCUT2D eigenvalue weighted by molar-refractivity contribution is 7.89. The summed E-state index contributed by atoms with van der Waals surface area (Å²) in [5, 5.41) is 1.83. The molecular formula is C9H10ClN3O2S2. The molecule has 92 valence electrons. The molecule has 2 aromatic heterocycles. The Morgan fingerprint density at radius 2 is 2.29 bits per heavy atom. The molecule has 17 heavy (non-hydrogen) atoms. The van der Waals surface area contributed by atoms with E-state index in [2.05, 4.69) is 9.71 Å². The average molecular weight is 292 g/mol. The second-order valence-electron chi connectivity index (χ2n) is 4.43. The fourth-order valence-corrected chi connectivity index (χ4v) is 4.56. The normalized spacial score (nSPS) is 18.7. The molecule has 0 amide bonds. The Bertz CT molecular complexity index is 684. The van der Waals surface area contributed by atoms with Crippen molar-refractivity contribution < 1.29 is 8.42 Å². The maximum atomic E-state index is 12.2. The topological polar surface area (TPSA) is 63.5 Å². The smallest absolute Gasteiger partial charge is 0.260 e. The Morgan fingerprint density at radius 3 is 2.94 bits per heavy atom. The average Bonchev–Trinajstić information content (AvgIpc) is 2.63. The van der Waals surface area contributed by atoms with Crippen molar-refractivity contribution in [2.75, 3.05) is 0 Å². The summed E-state index contributed by atoms with van der Waals surface area (Å²) >= 11 is 7.25. The molecule has 1 aliphatic rings. The first-order chi connectivity index (χ1) is 7.91. The van der Waals surface area contributed by atoms with Gasteiger partial charge in [0.25, 0.3) is 10.0 Å². The molecule has 3 rings (SSSR count). The third-order valence-electron chi connectivity index (χ3n) is 2.81. The molecule has 0 aromatic carbocycles. The molecule has 8 heteroatoms. The molecule has 0 unspecified atom stereocenters. The van der Waals surface area contributed by atoms with Gasteiger partial charge in [-0.3, -0.25) is 4.40 Å². The van der Waals surface area contributed by atoms with Crippen LogP contribution in [0.3, 0.4) is 0 Å². The molecule has 1 N–H and O–H groups in total. The molecule has 0 radical (unpaired) electrons. The Labute approximate surface area is 107 Å². The number of imidazole rings is 1. The van der Waals surface area contributed by atoms with E-state index >= 15 is 0 Å². The number of aromatic nitrogens is 2. The van der Waals surface area contributed by atoms with Crippen LogP contribution in [-0.4, -0.2) is 23.3 Å². The molecule has 5 nitrogen and oxygen atoms in total. The van der Waals surface area contributed by atoms with Crippen molar-refractivity contribution in [3.63, 3.8) is 0 Å². The number of thiazole rings is 1. The highest BCUT2D eigenvalue weighted by atomic mass is 35.5. The van der Waals surface area contributed by atoms with Gasteiger partial charge in [-0.15, -0.1) is 11.3 Å². The van der Waals surface area contributed by atoms with E-state index in [1.165, 1.54) is 15.7 Å². The van der Waals surface area contributed by atoms with Gasteiger partial charge in [-0.25, -0.2) is 18.1 Å². The lowest BCUT2D eigenvalue weighted by atomic mass is 10.4. The van der Waals surface area contributed by atoms with Gasteiger partial charge < -0.3 is 0 Å². The standard InChI is InChI=1S/C9H10ClN3O2S2/c1-9(2-3-9)12-17(14,15)7-6(10)11-8-13(7)4-5-16-8/h4-5,12H,2-3H2,1H3. The van der Waals surface area contributed by atoms with Crippen LogP contribution in [0.2, 0.25) is 5.15 Å². The summed E-state index contributed by atoms with van der Waals surface area (Å²) in [5.41, 5.74) is -0.317. The van der Waals surface area contributed by atoms with Crippen LogP contribution in [0, 0.1) is 0 Å². The van der Waals surface area contributed by atoms with Crippen LogP contribution < -0.4 is 4.72 Å². The number of rotatable bonds is 3. The van der Waals surface area contributed by atoms with Gasteiger partial charge in [0, 0.05) is 17.1 Å². The van der Waals surface area contributed by atoms with Crippen LogP contribution >= 0.6 is 22.9 Å². The van der Waals surface area contributed by atoms with Crippen LogP contribution in [0.5, 0.6) is 0 Å².